The Morgan fingerprint density at radius 3 is 2.00 bits per heavy atom. The molecule has 0 radical (unpaired) electrons. The zero-order chi connectivity index (χ0) is 27.9. The molecule has 4 aromatic carbocycles. The number of para-hydroxylation sites is 1. The molecule has 4 aromatic rings. The first kappa shape index (κ1) is 27.6. The van der Waals surface area contributed by atoms with Crippen LogP contribution in [-0.2, 0) is 11.2 Å². The van der Waals surface area contributed by atoms with Crippen molar-refractivity contribution in [2.24, 2.45) is 0 Å². The van der Waals surface area contributed by atoms with E-state index >= 15 is 0 Å². The smallest absolute Gasteiger partial charge is 0.260 e. The molecule has 0 aliphatic carbocycles. The molecule has 8 heteroatoms. The van der Waals surface area contributed by atoms with Crippen molar-refractivity contribution in [1.29, 1.82) is 0 Å². The molecule has 1 aliphatic heterocycles. The number of carbonyl (C=O) groups is 2. The lowest BCUT2D eigenvalue weighted by atomic mass is 10.0. The van der Waals surface area contributed by atoms with Crippen molar-refractivity contribution < 1.29 is 19.1 Å². The molecule has 40 heavy (non-hydrogen) atoms. The van der Waals surface area contributed by atoms with Crippen molar-refractivity contribution in [2.75, 3.05) is 37.7 Å². The van der Waals surface area contributed by atoms with Crippen LogP contribution in [0.15, 0.2) is 97.1 Å². The molecule has 0 aromatic heterocycles. The maximum absolute atomic E-state index is 12.6. The molecule has 1 amide bonds. The Labute approximate surface area is 243 Å². The van der Waals surface area contributed by atoms with Crippen molar-refractivity contribution in [2.45, 2.75) is 6.42 Å². The highest BCUT2D eigenvalue weighted by atomic mass is 35.5. The van der Waals surface area contributed by atoms with Gasteiger partial charge in [0.15, 0.2) is 12.4 Å². The van der Waals surface area contributed by atoms with Crippen LogP contribution in [0.5, 0.6) is 17.2 Å². The summed E-state index contributed by atoms with van der Waals surface area (Å²) in [7, 11) is 0. The number of Topliss-reactive ketones (excluding diaryl/α,β-unsaturated/α-hetero) is 1. The van der Waals surface area contributed by atoms with Gasteiger partial charge in [-0.2, -0.15) is 0 Å². The van der Waals surface area contributed by atoms with E-state index in [0.29, 0.717) is 40.2 Å². The molecule has 0 unspecified atom stereocenters. The van der Waals surface area contributed by atoms with Gasteiger partial charge in [0.2, 0.25) is 0 Å². The van der Waals surface area contributed by atoms with Crippen LogP contribution >= 0.6 is 23.2 Å². The number of carbonyl (C=O) groups excluding carboxylic acids is 2. The van der Waals surface area contributed by atoms with E-state index in [-0.39, 0.29) is 24.7 Å². The summed E-state index contributed by atoms with van der Waals surface area (Å²) in [6.07, 6.45) is 0.256. The van der Waals surface area contributed by atoms with Gasteiger partial charge in [-0.15, -0.1) is 0 Å². The maximum Gasteiger partial charge on any atom is 0.260 e. The minimum atomic E-state index is -0.0338. The Bertz CT molecular complexity index is 1450. The van der Waals surface area contributed by atoms with Gasteiger partial charge in [-0.05, 0) is 72.3 Å². The Kier molecular flexibility index (Phi) is 8.89. The monoisotopic (exact) mass is 574 g/mol. The van der Waals surface area contributed by atoms with E-state index in [1.54, 1.807) is 18.2 Å². The summed E-state index contributed by atoms with van der Waals surface area (Å²) in [5.41, 5.74) is 2.49. The van der Waals surface area contributed by atoms with Gasteiger partial charge >= 0.3 is 0 Å². The third-order valence-electron chi connectivity index (χ3n) is 6.71. The highest BCUT2D eigenvalue weighted by Crippen LogP contribution is 2.27. The predicted octanol–water partition coefficient (Wildman–Crippen LogP) is 6.94. The van der Waals surface area contributed by atoms with Gasteiger partial charge in [0.1, 0.15) is 17.2 Å². The van der Waals surface area contributed by atoms with Crippen molar-refractivity contribution in [1.82, 2.24) is 4.90 Å². The number of anilines is 1. The maximum atomic E-state index is 12.6. The van der Waals surface area contributed by atoms with Crippen LogP contribution in [0.1, 0.15) is 15.9 Å². The minimum Gasteiger partial charge on any atom is -0.484 e. The number of benzene rings is 4. The molecule has 0 spiro atoms. The summed E-state index contributed by atoms with van der Waals surface area (Å²) >= 11 is 12.0. The van der Waals surface area contributed by atoms with Gasteiger partial charge < -0.3 is 19.3 Å². The predicted molar refractivity (Wildman–Crippen MR) is 158 cm³/mol. The summed E-state index contributed by atoms with van der Waals surface area (Å²) in [5, 5.41) is 0.789. The molecule has 1 saturated heterocycles. The molecule has 0 bridgehead atoms. The molecule has 1 heterocycles. The van der Waals surface area contributed by atoms with Gasteiger partial charge in [-0.1, -0.05) is 53.5 Å². The number of hydrogen-bond donors (Lipinski definition) is 0. The average Bonchev–Trinajstić information content (AvgIpc) is 2.99. The van der Waals surface area contributed by atoms with Crippen molar-refractivity contribution in [3.05, 3.63) is 118 Å². The van der Waals surface area contributed by atoms with E-state index in [4.69, 9.17) is 32.7 Å². The Morgan fingerprint density at radius 1 is 0.700 bits per heavy atom. The second kappa shape index (κ2) is 12.9. The van der Waals surface area contributed by atoms with Crippen LogP contribution < -0.4 is 14.4 Å². The van der Waals surface area contributed by atoms with Crippen LogP contribution in [0.25, 0.3) is 0 Å². The quantitative estimate of drug-likeness (QED) is 0.203. The first-order chi connectivity index (χ1) is 19.4. The molecule has 0 saturated carbocycles. The molecule has 1 fully saturated rings. The van der Waals surface area contributed by atoms with Gasteiger partial charge in [-0.25, -0.2) is 0 Å². The molecular formula is C32H28Cl2N2O4. The van der Waals surface area contributed by atoms with E-state index in [9.17, 15) is 9.59 Å². The second-order valence-electron chi connectivity index (χ2n) is 9.44. The van der Waals surface area contributed by atoms with Crippen LogP contribution in [0.3, 0.4) is 0 Å². The van der Waals surface area contributed by atoms with Crippen molar-refractivity contribution in [3.63, 3.8) is 0 Å². The number of halogens is 2. The first-order valence-electron chi connectivity index (χ1n) is 13.0. The number of ketones is 1. The fourth-order valence-corrected chi connectivity index (χ4v) is 4.76. The fourth-order valence-electron chi connectivity index (χ4n) is 4.46. The number of nitrogens with zero attached hydrogens (tertiary/aromatic N) is 2. The third-order valence-corrected chi connectivity index (χ3v) is 7.44. The number of piperazine rings is 1. The summed E-state index contributed by atoms with van der Waals surface area (Å²) in [4.78, 5) is 29.2. The highest BCUT2D eigenvalue weighted by Gasteiger charge is 2.21. The largest absolute Gasteiger partial charge is 0.484 e. The summed E-state index contributed by atoms with van der Waals surface area (Å²) < 4.78 is 11.6. The zero-order valence-corrected chi connectivity index (χ0v) is 23.3. The number of ether oxygens (including phenoxy) is 2. The standard InChI is InChI=1S/C32H28Cl2N2O4/c33-29-15-8-24(21-30(29)34)31(37)20-23-6-11-27(12-7-23)40-28-13-9-25(10-14-28)35-16-18-36(19-17-35)32(38)22-39-26-4-2-1-3-5-26/h1-15,21H,16-20,22H2. The summed E-state index contributed by atoms with van der Waals surface area (Å²) in [5.74, 6) is 2.06. The normalized spacial score (nSPS) is 13.2. The van der Waals surface area contributed by atoms with E-state index in [1.807, 2.05) is 83.8 Å². The van der Waals surface area contributed by atoms with Gasteiger partial charge in [0.25, 0.3) is 5.91 Å². The molecule has 0 atom stereocenters. The summed E-state index contributed by atoms with van der Waals surface area (Å²) in [6, 6.07) is 29.6. The van der Waals surface area contributed by atoms with Crippen LogP contribution in [0, 0.1) is 0 Å². The van der Waals surface area contributed by atoms with Crippen molar-refractivity contribution in [3.8, 4) is 17.2 Å². The molecule has 1 aliphatic rings. The third kappa shape index (κ3) is 7.14. The zero-order valence-electron chi connectivity index (χ0n) is 21.8. The molecule has 6 nitrogen and oxygen atoms in total. The van der Waals surface area contributed by atoms with Gasteiger partial charge in [0, 0.05) is 43.9 Å². The summed E-state index contributed by atoms with van der Waals surface area (Å²) in [6.45, 7) is 2.84. The van der Waals surface area contributed by atoms with Gasteiger partial charge in [0.05, 0.1) is 10.0 Å². The lowest BCUT2D eigenvalue weighted by Gasteiger charge is -2.36. The minimum absolute atomic E-state index is 0.00277. The molecule has 5 rings (SSSR count). The Hall–Kier alpha value is -4.00. The van der Waals surface area contributed by atoms with Crippen LogP contribution in [0.2, 0.25) is 10.0 Å². The van der Waals surface area contributed by atoms with Gasteiger partial charge in [-0.3, -0.25) is 9.59 Å². The average molecular weight is 575 g/mol. The molecular weight excluding hydrogens is 547 g/mol. The lowest BCUT2D eigenvalue weighted by molar-refractivity contribution is -0.133. The number of rotatable bonds is 9. The highest BCUT2D eigenvalue weighted by molar-refractivity contribution is 6.42. The van der Waals surface area contributed by atoms with Crippen LogP contribution in [-0.4, -0.2) is 49.4 Å². The number of hydrogen-bond acceptors (Lipinski definition) is 5. The van der Waals surface area contributed by atoms with E-state index in [2.05, 4.69) is 4.90 Å². The second-order valence-corrected chi connectivity index (χ2v) is 10.3. The first-order valence-corrected chi connectivity index (χ1v) is 13.8. The Morgan fingerprint density at radius 2 is 1.35 bits per heavy atom. The fraction of sp³-hybridized carbons (Fsp3) is 0.188. The van der Waals surface area contributed by atoms with Crippen molar-refractivity contribution >= 4 is 40.6 Å². The molecule has 204 valence electrons. The van der Waals surface area contributed by atoms with Crippen LogP contribution in [0.4, 0.5) is 5.69 Å². The topological polar surface area (TPSA) is 59.1 Å². The molecule has 0 N–H and O–H groups in total. The Balaban J connectivity index is 1.09. The number of amides is 1. The van der Waals surface area contributed by atoms with E-state index in [1.165, 1.54) is 0 Å². The van der Waals surface area contributed by atoms with E-state index in [0.717, 1.165) is 30.1 Å². The SMILES string of the molecule is O=C(Cc1ccc(Oc2ccc(N3CCN(C(=O)COc4ccccc4)CC3)cc2)cc1)c1ccc(Cl)c(Cl)c1. The lowest BCUT2D eigenvalue weighted by Crippen LogP contribution is -2.50. The van der Waals surface area contributed by atoms with E-state index < -0.39 is 0 Å².